The van der Waals surface area contributed by atoms with Crippen LogP contribution in [0.25, 0.3) is 11.1 Å². The van der Waals surface area contributed by atoms with Gasteiger partial charge < -0.3 is 19.5 Å². The summed E-state index contributed by atoms with van der Waals surface area (Å²) in [4.78, 5) is 21.1. The zero-order chi connectivity index (χ0) is 23.0. The Morgan fingerprint density at radius 1 is 0.818 bits per heavy atom. The molecule has 0 spiro atoms. The van der Waals surface area contributed by atoms with Gasteiger partial charge in [-0.3, -0.25) is 4.79 Å². The fourth-order valence-corrected chi connectivity index (χ4v) is 3.20. The van der Waals surface area contributed by atoms with Gasteiger partial charge in [-0.1, -0.05) is 30.3 Å². The van der Waals surface area contributed by atoms with E-state index in [0.29, 0.717) is 29.4 Å². The van der Waals surface area contributed by atoms with Crippen LogP contribution in [0.2, 0.25) is 0 Å². The van der Waals surface area contributed by atoms with Gasteiger partial charge in [-0.05, 0) is 42.0 Å². The van der Waals surface area contributed by atoms with Crippen LogP contribution in [-0.2, 0) is 6.54 Å². The van der Waals surface area contributed by atoms with Gasteiger partial charge in [0.05, 0.1) is 14.2 Å². The number of para-hydroxylation sites is 1. The summed E-state index contributed by atoms with van der Waals surface area (Å²) in [6.07, 6.45) is 3.38. The zero-order valence-corrected chi connectivity index (χ0v) is 18.3. The second-order valence-electron chi connectivity index (χ2n) is 7.11. The maximum Gasteiger partial charge on any atom is 0.321 e. The number of hydrogen-bond donors (Lipinski definition) is 1. The van der Waals surface area contributed by atoms with Crippen molar-refractivity contribution in [1.82, 2.24) is 15.3 Å². The van der Waals surface area contributed by atoms with Gasteiger partial charge in [0.2, 0.25) is 0 Å². The number of carbonyl (C=O) groups is 1. The molecule has 0 aliphatic rings. The molecule has 166 valence electrons. The van der Waals surface area contributed by atoms with Crippen molar-refractivity contribution >= 4 is 5.91 Å². The summed E-state index contributed by atoms with van der Waals surface area (Å²) >= 11 is 0. The Bertz CT molecular complexity index is 1210. The van der Waals surface area contributed by atoms with Crippen LogP contribution in [0.15, 0.2) is 85.2 Å². The molecule has 0 saturated heterocycles. The molecule has 0 saturated carbocycles. The molecule has 0 atom stereocenters. The van der Waals surface area contributed by atoms with E-state index in [9.17, 15) is 4.79 Å². The molecule has 7 nitrogen and oxygen atoms in total. The summed E-state index contributed by atoms with van der Waals surface area (Å²) in [6.45, 7) is 0.338. The van der Waals surface area contributed by atoms with Crippen LogP contribution in [0, 0.1) is 0 Å². The van der Waals surface area contributed by atoms with Crippen molar-refractivity contribution < 1.29 is 19.0 Å². The molecule has 1 N–H and O–H groups in total. The first kappa shape index (κ1) is 21.8. The molecule has 4 rings (SSSR count). The van der Waals surface area contributed by atoms with Crippen LogP contribution in [-0.4, -0.2) is 30.1 Å². The fraction of sp³-hybridized carbons (Fsp3) is 0.115. The Hall–Kier alpha value is -4.39. The Morgan fingerprint density at radius 3 is 2.21 bits per heavy atom. The molecule has 0 aliphatic heterocycles. The molecule has 1 aromatic heterocycles. The van der Waals surface area contributed by atoms with Gasteiger partial charge in [0, 0.05) is 41.7 Å². The van der Waals surface area contributed by atoms with E-state index in [1.165, 1.54) is 0 Å². The number of amides is 1. The van der Waals surface area contributed by atoms with E-state index >= 15 is 0 Å². The number of carbonyl (C=O) groups excluding carboxylic acids is 1. The van der Waals surface area contributed by atoms with Gasteiger partial charge in [0.15, 0.2) is 0 Å². The highest BCUT2D eigenvalue weighted by Crippen LogP contribution is 2.25. The smallest absolute Gasteiger partial charge is 0.321 e. The van der Waals surface area contributed by atoms with Gasteiger partial charge in [-0.2, -0.15) is 0 Å². The molecule has 3 aromatic carbocycles. The molecule has 0 unspecified atom stereocenters. The number of hydrogen-bond acceptors (Lipinski definition) is 6. The Balaban J connectivity index is 1.38. The SMILES string of the molecule is COc1ccc(CNC(=O)c2ccc(-c3cnc(Oc4ccccc4)nc3)cc2)c(OC)c1. The first-order valence-electron chi connectivity index (χ1n) is 10.3. The minimum atomic E-state index is -0.178. The zero-order valence-electron chi connectivity index (χ0n) is 18.3. The number of aromatic nitrogens is 2. The second kappa shape index (κ2) is 10.3. The van der Waals surface area contributed by atoms with E-state index in [0.717, 1.165) is 16.7 Å². The summed E-state index contributed by atoms with van der Waals surface area (Å²) in [5, 5.41) is 2.92. The van der Waals surface area contributed by atoms with Crippen LogP contribution in [0.1, 0.15) is 15.9 Å². The van der Waals surface area contributed by atoms with Crippen molar-refractivity contribution in [2.75, 3.05) is 14.2 Å². The molecule has 1 amide bonds. The van der Waals surface area contributed by atoms with Crippen molar-refractivity contribution in [1.29, 1.82) is 0 Å². The number of ether oxygens (including phenoxy) is 3. The lowest BCUT2D eigenvalue weighted by Gasteiger charge is -2.11. The summed E-state index contributed by atoms with van der Waals surface area (Å²) in [5.74, 6) is 1.85. The van der Waals surface area contributed by atoms with Crippen molar-refractivity contribution in [3.8, 4) is 34.4 Å². The van der Waals surface area contributed by atoms with E-state index in [-0.39, 0.29) is 11.9 Å². The highest BCUT2D eigenvalue weighted by atomic mass is 16.5. The first-order chi connectivity index (χ1) is 16.2. The third-order valence-corrected chi connectivity index (χ3v) is 4.99. The van der Waals surface area contributed by atoms with Crippen LogP contribution < -0.4 is 19.5 Å². The van der Waals surface area contributed by atoms with Crippen molar-refractivity contribution in [3.05, 3.63) is 96.3 Å². The first-order valence-corrected chi connectivity index (χ1v) is 10.3. The standard InChI is InChI=1S/C26H23N3O4/c1-31-23-13-12-20(24(14-23)32-2)15-27-25(30)19-10-8-18(9-11-19)21-16-28-26(29-17-21)33-22-6-4-3-5-7-22/h3-14,16-17H,15H2,1-2H3,(H,27,30). The van der Waals surface area contributed by atoms with Crippen LogP contribution in [0.4, 0.5) is 0 Å². The van der Waals surface area contributed by atoms with Gasteiger partial charge >= 0.3 is 6.01 Å². The molecule has 0 fully saturated rings. The van der Waals surface area contributed by atoms with E-state index < -0.39 is 0 Å². The second-order valence-corrected chi connectivity index (χ2v) is 7.11. The average molecular weight is 441 g/mol. The van der Waals surface area contributed by atoms with E-state index in [4.69, 9.17) is 14.2 Å². The third kappa shape index (κ3) is 5.46. The molecule has 0 aliphatic carbocycles. The van der Waals surface area contributed by atoms with Crippen molar-refractivity contribution in [2.24, 2.45) is 0 Å². The average Bonchev–Trinajstić information content (AvgIpc) is 2.88. The van der Waals surface area contributed by atoms with Gasteiger partial charge in [-0.25, -0.2) is 9.97 Å². The van der Waals surface area contributed by atoms with Crippen LogP contribution in [0.3, 0.4) is 0 Å². The lowest BCUT2D eigenvalue weighted by Crippen LogP contribution is -2.23. The largest absolute Gasteiger partial charge is 0.497 e. The van der Waals surface area contributed by atoms with Crippen LogP contribution in [0.5, 0.6) is 23.3 Å². The van der Waals surface area contributed by atoms with Crippen molar-refractivity contribution in [3.63, 3.8) is 0 Å². The Labute approximate surface area is 192 Å². The molecular weight excluding hydrogens is 418 g/mol. The van der Waals surface area contributed by atoms with Gasteiger partial charge in [0.1, 0.15) is 17.2 Å². The summed E-state index contributed by atoms with van der Waals surface area (Å²) in [6, 6.07) is 22.4. The van der Waals surface area contributed by atoms with Gasteiger partial charge in [-0.15, -0.1) is 0 Å². The molecule has 1 heterocycles. The van der Waals surface area contributed by atoms with Crippen LogP contribution >= 0.6 is 0 Å². The Morgan fingerprint density at radius 2 is 1.55 bits per heavy atom. The van der Waals surface area contributed by atoms with Crippen molar-refractivity contribution in [2.45, 2.75) is 6.54 Å². The number of methoxy groups -OCH3 is 2. The number of benzene rings is 3. The maximum atomic E-state index is 12.6. The predicted octanol–water partition coefficient (Wildman–Crippen LogP) is 4.88. The highest BCUT2D eigenvalue weighted by Gasteiger charge is 2.10. The topological polar surface area (TPSA) is 82.6 Å². The Kier molecular flexibility index (Phi) is 6.80. The minimum Gasteiger partial charge on any atom is -0.497 e. The number of rotatable bonds is 8. The summed E-state index contributed by atoms with van der Waals surface area (Å²) in [7, 11) is 3.18. The summed E-state index contributed by atoms with van der Waals surface area (Å²) < 4.78 is 16.2. The van der Waals surface area contributed by atoms with E-state index in [1.807, 2.05) is 54.6 Å². The third-order valence-electron chi connectivity index (χ3n) is 4.99. The number of nitrogens with one attached hydrogen (secondary N) is 1. The lowest BCUT2D eigenvalue weighted by molar-refractivity contribution is 0.0950. The van der Waals surface area contributed by atoms with Gasteiger partial charge in [0.25, 0.3) is 5.91 Å². The fourth-order valence-electron chi connectivity index (χ4n) is 3.20. The monoisotopic (exact) mass is 441 g/mol. The molecule has 0 bridgehead atoms. The number of nitrogens with zero attached hydrogens (tertiary/aromatic N) is 2. The molecule has 7 heteroatoms. The molecular formula is C26H23N3O4. The molecule has 33 heavy (non-hydrogen) atoms. The quantitative estimate of drug-likeness (QED) is 0.420. The summed E-state index contributed by atoms with van der Waals surface area (Å²) in [5.41, 5.74) is 3.13. The lowest BCUT2D eigenvalue weighted by atomic mass is 10.1. The molecule has 4 aromatic rings. The highest BCUT2D eigenvalue weighted by molar-refractivity contribution is 5.94. The maximum absolute atomic E-state index is 12.6. The molecule has 0 radical (unpaired) electrons. The normalized spacial score (nSPS) is 10.4. The van der Waals surface area contributed by atoms with E-state index in [1.54, 1.807) is 44.8 Å². The predicted molar refractivity (Wildman–Crippen MR) is 125 cm³/mol. The van der Waals surface area contributed by atoms with E-state index in [2.05, 4.69) is 15.3 Å². The minimum absolute atomic E-state index is 0.178.